The summed E-state index contributed by atoms with van der Waals surface area (Å²) in [5.74, 6) is 0.791. The van der Waals surface area contributed by atoms with Crippen molar-refractivity contribution in [1.82, 2.24) is 4.90 Å². The number of β-amino-alcohol motifs (C(OH)–C–C–N with tert-alkyl or cyclic N) is 1. The average Bonchev–Trinajstić information content (AvgIpc) is 3.44. The lowest BCUT2D eigenvalue weighted by Crippen LogP contribution is -2.41. The number of hydrogen-bond donors (Lipinski definition) is 1. The number of aliphatic hydroxyl groups is 1. The molecule has 0 fully saturated rings. The lowest BCUT2D eigenvalue weighted by Gasteiger charge is -2.36. The van der Waals surface area contributed by atoms with Gasteiger partial charge in [0.2, 0.25) is 0 Å². The van der Waals surface area contributed by atoms with E-state index >= 15 is 0 Å². The van der Waals surface area contributed by atoms with Gasteiger partial charge in [0.15, 0.2) is 5.78 Å². The Kier molecular flexibility index (Phi) is 6.45. The van der Waals surface area contributed by atoms with Gasteiger partial charge in [-0.2, -0.15) is 0 Å². The van der Waals surface area contributed by atoms with Crippen LogP contribution in [0.5, 0.6) is 5.75 Å². The summed E-state index contributed by atoms with van der Waals surface area (Å²) < 4.78 is 5.77. The first-order chi connectivity index (χ1) is 14.2. The summed E-state index contributed by atoms with van der Waals surface area (Å²) >= 11 is 3.59. The van der Waals surface area contributed by atoms with Crippen LogP contribution in [0.4, 0.5) is 0 Å². The SMILES string of the molecule is CCC(=O)c1ccc(OC[C@H](O)CN2CCc3sccc3[C@H]2c2cccs2)cc1. The van der Waals surface area contributed by atoms with Crippen molar-refractivity contribution in [2.45, 2.75) is 31.9 Å². The highest BCUT2D eigenvalue weighted by Gasteiger charge is 2.31. The van der Waals surface area contributed by atoms with Gasteiger partial charge in [0, 0.05) is 34.8 Å². The number of thiophene rings is 2. The van der Waals surface area contributed by atoms with Crippen molar-refractivity contribution in [3.63, 3.8) is 0 Å². The quantitative estimate of drug-likeness (QED) is 0.525. The Morgan fingerprint density at radius 3 is 2.76 bits per heavy atom. The Hall–Kier alpha value is -1.99. The van der Waals surface area contributed by atoms with Crippen LogP contribution in [-0.4, -0.2) is 41.6 Å². The second-order valence-corrected chi connectivity index (χ2v) is 9.21. The summed E-state index contributed by atoms with van der Waals surface area (Å²) in [6.45, 7) is 3.57. The molecule has 0 radical (unpaired) electrons. The van der Waals surface area contributed by atoms with Crippen molar-refractivity contribution in [1.29, 1.82) is 0 Å². The van der Waals surface area contributed by atoms with Gasteiger partial charge in [-0.05, 0) is 59.1 Å². The fourth-order valence-corrected chi connectivity index (χ4v) is 5.58. The molecule has 2 atom stereocenters. The molecule has 29 heavy (non-hydrogen) atoms. The summed E-state index contributed by atoms with van der Waals surface area (Å²) in [7, 11) is 0. The van der Waals surface area contributed by atoms with E-state index in [9.17, 15) is 9.90 Å². The smallest absolute Gasteiger partial charge is 0.162 e. The maximum absolute atomic E-state index is 11.7. The molecular weight excluding hydrogens is 402 g/mol. The lowest BCUT2D eigenvalue weighted by molar-refractivity contribution is 0.0562. The van der Waals surface area contributed by atoms with Gasteiger partial charge in [0.1, 0.15) is 18.5 Å². The summed E-state index contributed by atoms with van der Waals surface area (Å²) in [5.41, 5.74) is 2.06. The number of rotatable bonds is 8. The minimum absolute atomic E-state index is 0.120. The molecule has 2 aromatic heterocycles. The second kappa shape index (κ2) is 9.22. The molecule has 6 heteroatoms. The number of Topliss-reactive ketones (excluding diaryl/α,β-unsaturated/α-hetero) is 1. The van der Waals surface area contributed by atoms with Gasteiger partial charge in [-0.1, -0.05) is 13.0 Å². The summed E-state index contributed by atoms with van der Waals surface area (Å²) in [6, 6.07) is 13.8. The number of fused-ring (bicyclic) bond motifs is 1. The third-order valence-electron chi connectivity index (χ3n) is 5.26. The summed E-state index contributed by atoms with van der Waals surface area (Å²) in [6.07, 6.45) is 0.927. The Bertz CT molecular complexity index is 933. The molecule has 152 valence electrons. The van der Waals surface area contributed by atoms with E-state index in [0.717, 1.165) is 13.0 Å². The number of benzene rings is 1. The molecular formula is C23H25NO3S2. The summed E-state index contributed by atoms with van der Waals surface area (Å²) in [4.78, 5) is 16.8. The van der Waals surface area contributed by atoms with Crippen LogP contribution in [0, 0.1) is 0 Å². The van der Waals surface area contributed by atoms with Gasteiger partial charge >= 0.3 is 0 Å². The molecule has 3 aromatic rings. The van der Waals surface area contributed by atoms with E-state index in [1.54, 1.807) is 35.6 Å². The summed E-state index contributed by atoms with van der Waals surface area (Å²) in [5, 5.41) is 14.9. The average molecular weight is 428 g/mol. The highest BCUT2D eigenvalue weighted by molar-refractivity contribution is 7.10. The molecule has 0 saturated heterocycles. The number of ether oxygens (including phenoxy) is 1. The first kappa shape index (κ1) is 20.3. The lowest BCUT2D eigenvalue weighted by atomic mass is 9.98. The molecule has 0 spiro atoms. The molecule has 1 N–H and O–H groups in total. The first-order valence-electron chi connectivity index (χ1n) is 9.93. The van der Waals surface area contributed by atoms with E-state index in [-0.39, 0.29) is 18.4 Å². The molecule has 1 aliphatic heterocycles. The molecule has 0 saturated carbocycles. The Morgan fingerprint density at radius 1 is 1.21 bits per heavy atom. The van der Waals surface area contributed by atoms with E-state index in [0.29, 0.717) is 24.3 Å². The molecule has 0 bridgehead atoms. The van der Waals surface area contributed by atoms with Crippen molar-refractivity contribution in [2.24, 2.45) is 0 Å². The van der Waals surface area contributed by atoms with Crippen LogP contribution in [0.25, 0.3) is 0 Å². The zero-order valence-corrected chi connectivity index (χ0v) is 18.0. The van der Waals surface area contributed by atoms with Gasteiger partial charge < -0.3 is 9.84 Å². The van der Waals surface area contributed by atoms with Gasteiger partial charge in [0.05, 0.1) is 6.04 Å². The standard InChI is InChI=1S/C23H25NO3S2/c1-2-20(26)16-5-7-18(8-6-16)27-15-17(25)14-24-11-9-21-19(10-13-29-21)23(24)22-4-3-12-28-22/h3-8,10,12-13,17,23,25H,2,9,11,14-15H2,1H3/t17-,23+/m1/s1. The number of hydrogen-bond acceptors (Lipinski definition) is 6. The molecule has 0 unspecified atom stereocenters. The number of carbonyl (C=O) groups excluding carboxylic acids is 1. The maximum Gasteiger partial charge on any atom is 0.162 e. The van der Waals surface area contributed by atoms with E-state index in [1.807, 2.05) is 18.3 Å². The molecule has 1 aromatic carbocycles. The topological polar surface area (TPSA) is 49.8 Å². The molecule has 0 amide bonds. The predicted octanol–water partition coefficient (Wildman–Crippen LogP) is 4.79. The highest BCUT2D eigenvalue weighted by Crippen LogP contribution is 2.39. The van der Waals surface area contributed by atoms with Crippen LogP contribution in [0.2, 0.25) is 0 Å². The van der Waals surface area contributed by atoms with Crippen LogP contribution in [0.15, 0.2) is 53.2 Å². The Morgan fingerprint density at radius 2 is 2.03 bits per heavy atom. The van der Waals surface area contributed by atoms with Gasteiger partial charge in [-0.15, -0.1) is 22.7 Å². The number of aliphatic hydroxyl groups excluding tert-OH is 1. The number of carbonyl (C=O) groups is 1. The zero-order chi connectivity index (χ0) is 20.2. The van der Waals surface area contributed by atoms with Crippen molar-refractivity contribution in [2.75, 3.05) is 19.7 Å². The van der Waals surface area contributed by atoms with E-state index in [4.69, 9.17) is 4.74 Å². The Balaban J connectivity index is 1.39. The molecule has 4 nitrogen and oxygen atoms in total. The largest absolute Gasteiger partial charge is 0.491 e. The van der Waals surface area contributed by atoms with Crippen LogP contribution >= 0.6 is 22.7 Å². The van der Waals surface area contributed by atoms with Crippen molar-refractivity contribution >= 4 is 28.5 Å². The van der Waals surface area contributed by atoms with E-state index in [1.165, 1.54) is 15.3 Å². The Labute approximate surface area is 179 Å². The minimum atomic E-state index is -0.588. The monoisotopic (exact) mass is 427 g/mol. The van der Waals surface area contributed by atoms with Crippen LogP contribution in [0.1, 0.15) is 45.1 Å². The maximum atomic E-state index is 11.7. The van der Waals surface area contributed by atoms with Crippen molar-refractivity contribution in [3.05, 3.63) is 74.1 Å². The van der Waals surface area contributed by atoms with Crippen molar-refractivity contribution < 1.29 is 14.6 Å². The van der Waals surface area contributed by atoms with Gasteiger partial charge in [0.25, 0.3) is 0 Å². The van der Waals surface area contributed by atoms with Gasteiger partial charge in [-0.25, -0.2) is 0 Å². The fraction of sp³-hybridized carbons (Fsp3) is 0.348. The fourth-order valence-electron chi connectivity index (χ4n) is 3.80. The number of ketones is 1. The molecule has 1 aliphatic rings. The molecule has 4 rings (SSSR count). The minimum Gasteiger partial charge on any atom is -0.491 e. The normalized spacial score (nSPS) is 17.7. The second-order valence-electron chi connectivity index (χ2n) is 7.23. The van der Waals surface area contributed by atoms with Crippen LogP contribution in [-0.2, 0) is 6.42 Å². The third kappa shape index (κ3) is 4.61. The predicted molar refractivity (Wildman–Crippen MR) is 118 cm³/mol. The molecule has 3 heterocycles. The van der Waals surface area contributed by atoms with E-state index in [2.05, 4.69) is 33.9 Å². The van der Waals surface area contributed by atoms with Crippen LogP contribution < -0.4 is 4.74 Å². The third-order valence-corrected chi connectivity index (χ3v) is 7.18. The number of nitrogens with zero attached hydrogens (tertiary/aromatic N) is 1. The van der Waals surface area contributed by atoms with E-state index < -0.39 is 6.10 Å². The van der Waals surface area contributed by atoms with Gasteiger partial charge in [-0.3, -0.25) is 9.69 Å². The molecule has 0 aliphatic carbocycles. The first-order valence-corrected chi connectivity index (χ1v) is 11.7. The van der Waals surface area contributed by atoms with Crippen molar-refractivity contribution in [3.8, 4) is 5.75 Å². The van der Waals surface area contributed by atoms with Crippen LogP contribution in [0.3, 0.4) is 0 Å². The zero-order valence-electron chi connectivity index (χ0n) is 16.4. The highest BCUT2D eigenvalue weighted by atomic mass is 32.1.